The number of hydrogen-bond acceptors (Lipinski definition) is 3. The Bertz CT molecular complexity index is 295. The van der Waals surface area contributed by atoms with E-state index in [-0.39, 0.29) is 6.61 Å². The van der Waals surface area contributed by atoms with Crippen molar-refractivity contribution < 1.29 is 5.11 Å². The molecule has 2 atom stereocenters. The van der Waals surface area contributed by atoms with Gasteiger partial charge in [-0.1, -0.05) is 18.9 Å². The maximum absolute atomic E-state index is 9.11. The lowest BCUT2D eigenvalue weighted by molar-refractivity contribution is 0.259. The predicted molar refractivity (Wildman–Crippen MR) is 68.7 cm³/mol. The molecule has 1 aromatic rings. The summed E-state index contributed by atoms with van der Waals surface area (Å²) >= 11 is 1.77. The second kappa shape index (κ2) is 5.80. The molecule has 0 aromatic carbocycles. The van der Waals surface area contributed by atoms with E-state index in [4.69, 9.17) is 5.11 Å². The Hall–Kier alpha value is -0.380. The Morgan fingerprint density at radius 3 is 2.94 bits per heavy atom. The lowest BCUT2D eigenvalue weighted by Crippen LogP contribution is -2.31. The first-order valence-electron chi connectivity index (χ1n) is 6.20. The van der Waals surface area contributed by atoms with Crippen LogP contribution in [-0.4, -0.2) is 17.8 Å². The van der Waals surface area contributed by atoms with Gasteiger partial charge in [0.15, 0.2) is 0 Å². The van der Waals surface area contributed by atoms with Gasteiger partial charge in [0.25, 0.3) is 0 Å². The summed E-state index contributed by atoms with van der Waals surface area (Å²) in [5.41, 5.74) is 0. The fraction of sp³-hybridized carbons (Fsp3) is 0.692. The monoisotopic (exact) mass is 239 g/mol. The number of thiophene rings is 1. The lowest BCUT2D eigenvalue weighted by Gasteiger charge is -2.22. The molecular weight excluding hydrogens is 218 g/mol. The molecule has 0 radical (unpaired) electrons. The van der Waals surface area contributed by atoms with Gasteiger partial charge in [0.1, 0.15) is 0 Å². The first-order chi connectivity index (χ1) is 7.79. The molecule has 0 aliphatic heterocycles. The largest absolute Gasteiger partial charge is 0.396 e. The van der Waals surface area contributed by atoms with E-state index in [0.717, 1.165) is 12.3 Å². The second-order valence-electron chi connectivity index (χ2n) is 4.83. The van der Waals surface area contributed by atoms with Gasteiger partial charge in [-0.3, -0.25) is 0 Å². The molecule has 1 fully saturated rings. The van der Waals surface area contributed by atoms with Crippen molar-refractivity contribution >= 4 is 11.3 Å². The van der Waals surface area contributed by atoms with E-state index in [9.17, 15) is 0 Å². The standard InChI is InChI=1S/C13H21NOS/c1-10(9-11-4-5-11)14-12(6-7-15)13-3-2-8-16-13/h2-3,8,10-12,14-15H,4-7,9H2,1H3. The number of aliphatic hydroxyl groups is 1. The van der Waals surface area contributed by atoms with Gasteiger partial charge >= 0.3 is 0 Å². The number of hydrogen-bond donors (Lipinski definition) is 2. The van der Waals surface area contributed by atoms with Crippen LogP contribution < -0.4 is 5.32 Å². The molecule has 0 amide bonds. The molecule has 3 heteroatoms. The molecule has 2 nitrogen and oxygen atoms in total. The van der Waals surface area contributed by atoms with E-state index >= 15 is 0 Å². The summed E-state index contributed by atoms with van der Waals surface area (Å²) in [4.78, 5) is 1.34. The summed E-state index contributed by atoms with van der Waals surface area (Å²) in [5.74, 6) is 0.959. The van der Waals surface area contributed by atoms with Crippen molar-refractivity contribution in [2.45, 2.75) is 44.7 Å². The first kappa shape index (κ1) is 12.1. The first-order valence-corrected chi connectivity index (χ1v) is 7.08. The van der Waals surface area contributed by atoms with E-state index in [0.29, 0.717) is 12.1 Å². The van der Waals surface area contributed by atoms with Crippen LogP contribution in [0.1, 0.15) is 43.5 Å². The zero-order valence-corrected chi connectivity index (χ0v) is 10.7. The van der Waals surface area contributed by atoms with Gasteiger partial charge in [0.05, 0.1) is 0 Å². The van der Waals surface area contributed by atoms with Gasteiger partial charge in [-0.15, -0.1) is 11.3 Å². The maximum Gasteiger partial charge on any atom is 0.0449 e. The molecule has 90 valence electrons. The minimum Gasteiger partial charge on any atom is -0.396 e. The van der Waals surface area contributed by atoms with Crippen LogP contribution in [0.3, 0.4) is 0 Å². The molecule has 16 heavy (non-hydrogen) atoms. The highest BCUT2D eigenvalue weighted by Crippen LogP contribution is 2.34. The van der Waals surface area contributed by atoms with Gasteiger partial charge in [0.2, 0.25) is 0 Å². The fourth-order valence-electron chi connectivity index (χ4n) is 2.19. The van der Waals surface area contributed by atoms with Crippen LogP contribution >= 0.6 is 11.3 Å². The Morgan fingerprint density at radius 2 is 2.38 bits per heavy atom. The van der Waals surface area contributed by atoms with E-state index in [1.54, 1.807) is 11.3 Å². The molecule has 0 saturated heterocycles. The topological polar surface area (TPSA) is 32.3 Å². The number of aliphatic hydroxyl groups excluding tert-OH is 1. The summed E-state index contributed by atoms with van der Waals surface area (Å²) in [6.07, 6.45) is 4.92. The Labute approximate surface area is 102 Å². The van der Waals surface area contributed by atoms with Crippen LogP contribution in [-0.2, 0) is 0 Å². The molecular formula is C13H21NOS. The lowest BCUT2D eigenvalue weighted by atomic mass is 10.1. The SMILES string of the molecule is CC(CC1CC1)NC(CCO)c1cccs1. The maximum atomic E-state index is 9.11. The second-order valence-corrected chi connectivity index (χ2v) is 5.81. The van der Waals surface area contributed by atoms with Crippen molar-refractivity contribution in [1.29, 1.82) is 0 Å². The van der Waals surface area contributed by atoms with Gasteiger partial charge in [-0.2, -0.15) is 0 Å². The molecule has 2 rings (SSSR count). The molecule has 0 bridgehead atoms. The van der Waals surface area contributed by atoms with Crippen LogP contribution in [0.5, 0.6) is 0 Å². The third kappa shape index (κ3) is 3.58. The van der Waals surface area contributed by atoms with Gasteiger partial charge in [-0.05, 0) is 37.1 Å². The molecule has 2 unspecified atom stereocenters. The van der Waals surface area contributed by atoms with Crippen LogP contribution in [0.2, 0.25) is 0 Å². The van der Waals surface area contributed by atoms with Crippen molar-refractivity contribution in [2.75, 3.05) is 6.61 Å². The van der Waals surface area contributed by atoms with Crippen molar-refractivity contribution in [3.63, 3.8) is 0 Å². The molecule has 2 N–H and O–H groups in total. The van der Waals surface area contributed by atoms with Crippen LogP contribution in [0.4, 0.5) is 0 Å². The predicted octanol–water partition coefficient (Wildman–Crippen LogP) is 2.95. The Balaban J connectivity index is 1.86. The van der Waals surface area contributed by atoms with Gasteiger partial charge in [0, 0.05) is 23.6 Å². The normalized spacial score (nSPS) is 19.6. The fourth-order valence-corrected chi connectivity index (χ4v) is 3.01. The van der Waals surface area contributed by atoms with Gasteiger partial charge < -0.3 is 10.4 Å². The highest BCUT2D eigenvalue weighted by Gasteiger charge is 2.24. The Kier molecular flexibility index (Phi) is 4.38. The minimum absolute atomic E-state index is 0.256. The zero-order valence-electron chi connectivity index (χ0n) is 9.86. The van der Waals surface area contributed by atoms with E-state index < -0.39 is 0 Å². The molecule has 1 aliphatic carbocycles. The van der Waals surface area contributed by atoms with Crippen molar-refractivity contribution in [2.24, 2.45) is 5.92 Å². The zero-order chi connectivity index (χ0) is 11.4. The van der Waals surface area contributed by atoms with Crippen molar-refractivity contribution in [1.82, 2.24) is 5.32 Å². The molecule has 1 aromatic heterocycles. The van der Waals surface area contributed by atoms with Crippen LogP contribution in [0.15, 0.2) is 17.5 Å². The average Bonchev–Trinajstić information content (AvgIpc) is 2.90. The number of rotatable bonds is 7. The highest BCUT2D eigenvalue weighted by atomic mass is 32.1. The molecule has 0 spiro atoms. The smallest absolute Gasteiger partial charge is 0.0449 e. The van der Waals surface area contributed by atoms with Crippen LogP contribution in [0.25, 0.3) is 0 Å². The van der Waals surface area contributed by atoms with E-state index in [2.05, 4.69) is 29.8 Å². The summed E-state index contributed by atoms with van der Waals surface area (Å²) in [7, 11) is 0. The van der Waals surface area contributed by atoms with Crippen LogP contribution in [0, 0.1) is 5.92 Å². The summed E-state index contributed by atoms with van der Waals surface area (Å²) in [6.45, 7) is 2.52. The van der Waals surface area contributed by atoms with Crippen molar-refractivity contribution in [3.8, 4) is 0 Å². The molecule has 1 aliphatic rings. The minimum atomic E-state index is 0.256. The average molecular weight is 239 g/mol. The van der Waals surface area contributed by atoms with Crippen molar-refractivity contribution in [3.05, 3.63) is 22.4 Å². The summed E-state index contributed by atoms with van der Waals surface area (Å²) in [5, 5.41) is 14.9. The third-order valence-electron chi connectivity index (χ3n) is 3.17. The quantitative estimate of drug-likeness (QED) is 0.767. The van der Waals surface area contributed by atoms with Gasteiger partial charge in [-0.25, -0.2) is 0 Å². The summed E-state index contributed by atoms with van der Waals surface area (Å²) < 4.78 is 0. The summed E-state index contributed by atoms with van der Waals surface area (Å²) in [6, 6.07) is 5.13. The van der Waals surface area contributed by atoms with E-state index in [1.165, 1.54) is 24.1 Å². The molecule has 1 heterocycles. The molecule has 1 saturated carbocycles. The third-order valence-corrected chi connectivity index (χ3v) is 4.16. The Morgan fingerprint density at radius 1 is 1.56 bits per heavy atom. The number of nitrogens with one attached hydrogen (secondary N) is 1. The van der Waals surface area contributed by atoms with E-state index in [1.807, 2.05) is 0 Å². The highest BCUT2D eigenvalue weighted by molar-refractivity contribution is 7.10.